The van der Waals surface area contributed by atoms with Crippen LogP contribution in [0.3, 0.4) is 0 Å². The van der Waals surface area contributed by atoms with Gasteiger partial charge < -0.3 is 4.74 Å². The summed E-state index contributed by atoms with van der Waals surface area (Å²) in [5.41, 5.74) is 3.42. The molecule has 0 unspecified atom stereocenters. The number of hydrogen-bond donors (Lipinski definition) is 0. The van der Waals surface area contributed by atoms with Crippen LogP contribution in [0.2, 0.25) is 0 Å². The van der Waals surface area contributed by atoms with Crippen molar-refractivity contribution < 1.29 is 4.74 Å². The Morgan fingerprint density at radius 3 is 2.39 bits per heavy atom. The van der Waals surface area contributed by atoms with E-state index in [9.17, 15) is 0 Å². The number of pyridine rings is 1. The Balaban J connectivity index is 1.49. The maximum absolute atomic E-state index is 6.31. The molecule has 2 atom stereocenters. The largest absolute Gasteiger partial charge is 0.487 e. The molecule has 0 radical (unpaired) electrons. The third kappa shape index (κ3) is 2.86. The molecule has 0 saturated carbocycles. The van der Waals surface area contributed by atoms with Crippen LogP contribution in [0.4, 0.5) is 0 Å². The first kappa shape index (κ1) is 14.7. The topological polar surface area (TPSA) is 25.4 Å². The number of hydrogen-bond acceptors (Lipinski definition) is 3. The van der Waals surface area contributed by atoms with Crippen LogP contribution in [0.1, 0.15) is 25.3 Å². The molecule has 4 heterocycles. The first-order valence-electron chi connectivity index (χ1n) is 8.64. The van der Waals surface area contributed by atoms with Crippen molar-refractivity contribution >= 4 is 0 Å². The zero-order valence-corrected chi connectivity index (χ0v) is 13.9. The third-order valence-corrected chi connectivity index (χ3v) is 5.45. The van der Waals surface area contributed by atoms with Crippen molar-refractivity contribution in [2.24, 2.45) is 5.92 Å². The smallest absolute Gasteiger partial charge is 0.138 e. The van der Waals surface area contributed by atoms with Crippen molar-refractivity contribution in [1.82, 2.24) is 9.88 Å². The summed E-state index contributed by atoms with van der Waals surface area (Å²) < 4.78 is 6.31. The van der Waals surface area contributed by atoms with Gasteiger partial charge in [-0.15, -0.1) is 0 Å². The maximum Gasteiger partial charge on any atom is 0.138 e. The monoisotopic (exact) mass is 308 g/mol. The molecule has 0 spiro atoms. The van der Waals surface area contributed by atoms with Crippen LogP contribution in [-0.2, 0) is 0 Å². The van der Waals surface area contributed by atoms with Gasteiger partial charge in [-0.05, 0) is 57.8 Å². The summed E-state index contributed by atoms with van der Waals surface area (Å²) in [4.78, 5) is 7.15. The molecule has 5 rings (SSSR count). The molecular weight excluding hydrogens is 284 g/mol. The van der Waals surface area contributed by atoms with Crippen LogP contribution in [-0.4, -0.2) is 35.1 Å². The summed E-state index contributed by atoms with van der Waals surface area (Å²) in [6, 6.07) is 13.1. The van der Waals surface area contributed by atoms with E-state index in [1.54, 1.807) is 0 Å². The predicted octanol–water partition coefficient (Wildman–Crippen LogP) is 3.92. The second-order valence-electron chi connectivity index (χ2n) is 6.94. The summed E-state index contributed by atoms with van der Waals surface area (Å²) in [6.07, 6.45) is 4.72. The molecule has 2 bridgehead atoms. The van der Waals surface area contributed by atoms with E-state index in [2.05, 4.69) is 60.1 Å². The van der Waals surface area contributed by atoms with Crippen molar-refractivity contribution in [2.45, 2.75) is 38.8 Å². The zero-order valence-electron chi connectivity index (χ0n) is 13.9. The molecule has 0 amide bonds. The highest BCUT2D eigenvalue weighted by molar-refractivity contribution is 5.59. The summed E-state index contributed by atoms with van der Waals surface area (Å²) in [7, 11) is 0. The molecule has 3 aliphatic rings. The lowest BCUT2D eigenvalue weighted by Crippen LogP contribution is -2.58. The number of ether oxygens (including phenoxy) is 1. The van der Waals surface area contributed by atoms with E-state index in [-0.39, 0.29) is 0 Å². The van der Waals surface area contributed by atoms with E-state index >= 15 is 0 Å². The van der Waals surface area contributed by atoms with Crippen LogP contribution in [0.15, 0.2) is 42.6 Å². The molecule has 0 aliphatic carbocycles. The van der Waals surface area contributed by atoms with Crippen LogP contribution < -0.4 is 4.74 Å². The molecule has 3 nitrogen and oxygen atoms in total. The van der Waals surface area contributed by atoms with Gasteiger partial charge in [0.15, 0.2) is 0 Å². The normalized spacial score (nSPS) is 29.5. The Labute approximate surface area is 138 Å². The highest BCUT2D eigenvalue weighted by atomic mass is 16.5. The molecule has 1 aromatic carbocycles. The fourth-order valence-electron chi connectivity index (χ4n) is 3.95. The van der Waals surface area contributed by atoms with Crippen molar-refractivity contribution in [1.29, 1.82) is 0 Å². The standard InChI is InChI=1S/C20H24N2O/c1-14-3-5-16(6-4-14)19-8-7-18(13-21-19)23-20-15(2)22-11-9-17(20)10-12-22/h3-8,13,15,17,20H,9-12H2,1-2H3/t15-,20-/m0/s1. The molecule has 3 aliphatic heterocycles. The van der Waals surface area contributed by atoms with Gasteiger partial charge in [0.2, 0.25) is 0 Å². The second-order valence-corrected chi connectivity index (χ2v) is 6.94. The van der Waals surface area contributed by atoms with Gasteiger partial charge in [0.1, 0.15) is 11.9 Å². The highest BCUT2D eigenvalue weighted by Gasteiger charge is 2.41. The molecule has 3 heteroatoms. The van der Waals surface area contributed by atoms with Gasteiger partial charge in [-0.1, -0.05) is 29.8 Å². The first-order chi connectivity index (χ1) is 11.2. The van der Waals surface area contributed by atoms with Gasteiger partial charge in [0.05, 0.1) is 11.9 Å². The number of aryl methyl sites for hydroxylation is 1. The lowest BCUT2D eigenvalue weighted by Gasteiger charge is -2.49. The van der Waals surface area contributed by atoms with Gasteiger partial charge in [-0.3, -0.25) is 9.88 Å². The Kier molecular flexibility index (Phi) is 3.82. The summed E-state index contributed by atoms with van der Waals surface area (Å²) in [6.45, 7) is 6.86. The minimum absolute atomic E-state index is 0.310. The number of nitrogens with zero attached hydrogens (tertiary/aromatic N) is 2. The zero-order chi connectivity index (χ0) is 15.8. The number of piperidine rings is 3. The number of benzene rings is 1. The van der Waals surface area contributed by atoms with Crippen molar-refractivity contribution in [2.75, 3.05) is 13.1 Å². The Hall–Kier alpha value is -1.87. The molecule has 2 aromatic rings. The third-order valence-electron chi connectivity index (χ3n) is 5.45. The molecule has 23 heavy (non-hydrogen) atoms. The quantitative estimate of drug-likeness (QED) is 0.859. The minimum atomic E-state index is 0.310. The van der Waals surface area contributed by atoms with Crippen LogP contribution >= 0.6 is 0 Å². The number of fused-ring (bicyclic) bond motifs is 3. The maximum atomic E-state index is 6.31. The number of rotatable bonds is 3. The van der Waals surface area contributed by atoms with Gasteiger partial charge in [0.25, 0.3) is 0 Å². The highest BCUT2D eigenvalue weighted by Crippen LogP contribution is 2.35. The van der Waals surface area contributed by atoms with Crippen molar-refractivity contribution in [3.63, 3.8) is 0 Å². The van der Waals surface area contributed by atoms with E-state index in [0.717, 1.165) is 17.0 Å². The first-order valence-corrected chi connectivity index (χ1v) is 8.64. The van der Waals surface area contributed by atoms with Gasteiger partial charge >= 0.3 is 0 Å². The fourth-order valence-corrected chi connectivity index (χ4v) is 3.95. The predicted molar refractivity (Wildman–Crippen MR) is 92.6 cm³/mol. The Bertz CT molecular complexity index is 655. The van der Waals surface area contributed by atoms with Crippen molar-refractivity contribution in [3.8, 4) is 17.0 Å². The summed E-state index contributed by atoms with van der Waals surface area (Å²) >= 11 is 0. The minimum Gasteiger partial charge on any atom is -0.487 e. The van der Waals surface area contributed by atoms with E-state index in [0.29, 0.717) is 18.1 Å². The molecule has 120 valence electrons. The molecular formula is C20H24N2O. The average molecular weight is 308 g/mol. The van der Waals surface area contributed by atoms with E-state index in [1.165, 1.54) is 31.5 Å². The second kappa shape index (κ2) is 5.97. The fraction of sp³-hybridized carbons (Fsp3) is 0.450. The average Bonchev–Trinajstić information content (AvgIpc) is 2.60. The van der Waals surface area contributed by atoms with E-state index < -0.39 is 0 Å². The Morgan fingerprint density at radius 1 is 1.04 bits per heavy atom. The molecule has 1 aromatic heterocycles. The number of aromatic nitrogens is 1. The van der Waals surface area contributed by atoms with Crippen LogP contribution in [0, 0.1) is 12.8 Å². The van der Waals surface area contributed by atoms with Crippen LogP contribution in [0.5, 0.6) is 5.75 Å². The molecule has 0 N–H and O–H groups in total. The van der Waals surface area contributed by atoms with Gasteiger partial charge in [-0.25, -0.2) is 0 Å². The van der Waals surface area contributed by atoms with E-state index in [1.807, 2.05) is 6.20 Å². The lowest BCUT2D eigenvalue weighted by atomic mass is 9.81. The van der Waals surface area contributed by atoms with Crippen LogP contribution in [0.25, 0.3) is 11.3 Å². The molecule has 3 saturated heterocycles. The Morgan fingerprint density at radius 2 is 1.78 bits per heavy atom. The van der Waals surface area contributed by atoms with Crippen molar-refractivity contribution in [3.05, 3.63) is 48.2 Å². The van der Waals surface area contributed by atoms with Gasteiger partial charge in [0, 0.05) is 11.6 Å². The van der Waals surface area contributed by atoms with E-state index in [4.69, 9.17) is 4.74 Å². The summed E-state index contributed by atoms with van der Waals surface area (Å²) in [5, 5.41) is 0. The summed E-state index contributed by atoms with van der Waals surface area (Å²) in [5.74, 6) is 1.60. The molecule has 3 fully saturated rings. The van der Waals surface area contributed by atoms with Gasteiger partial charge in [-0.2, -0.15) is 0 Å². The SMILES string of the molecule is Cc1ccc(-c2ccc(O[C@@H]3C4CCN(CC4)[C@H]3C)cn2)cc1. The lowest BCUT2D eigenvalue weighted by molar-refractivity contribution is -0.0508.